The van der Waals surface area contributed by atoms with E-state index in [1.165, 1.54) is 0 Å². The van der Waals surface area contributed by atoms with Gasteiger partial charge in [0.1, 0.15) is 5.01 Å². The number of rotatable bonds is 3. The van der Waals surface area contributed by atoms with Gasteiger partial charge in [0, 0.05) is 37.5 Å². The lowest BCUT2D eigenvalue weighted by atomic mass is 10.2. The number of morpholine rings is 1. The topological polar surface area (TPSA) is 46.8 Å². The van der Waals surface area contributed by atoms with Crippen molar-refractivity contribution in [2.75, 3.05) is 31.2 Å². The van der Waals surface area contributed by atoms with Gasteiger partial charge in [-0.1, -0.05) is 12.1 Å². The van der Waals surface area contributed by atoms with Crippen molar-refractivity contribution < 1.29 is 9.53 Å². The summed E-state index contributed by atoms with van der Waals surface area (Å²) in [5.74, 6) is 0.0523. The number of benzene rings is 1. The smallest absolute Gasteiger partial charge is 0.176 e. The molecule has 4 heterocycles. The van der Waals surface area contributed by atoms with E-state index in [0.29, 0.717) is 5.69 Å². The molecule has 0 saturated carbocycles. The summed E-state index contributed by atoms with van der Waals surface area (Å²) < 4.78 is 8.60. The molecule has 0 radical (unpaired) electrons. The van der Waals surface area contributed by atoms with Crippen LogP contribution < -0.4 is 4.90 Å². The second kappa shape index (κ2) is 6.48. The Morgan fingerprint density at radius 2 is 1.96 bits per heavy atom. The SMILES string of the molecule is CC(=O)c1cc(-c2nc3ccccc3s2)c2cc(N3CCOCC3)ccn12. The van der Waals surface area contributed by atoms with Gasteiger partial charge in [0.15, 0.2) is 5.78 Å². The van der Waals surface area contributed by atoms with Crippen LogP contribution in [0.5, 0.6) is 0 Å². The van der Waals surface area contributed by atoms with E-state index in [9.17, 15) is 4.79 Å². The summed E-state index contributed by atoms with van der Waals surface area (Å²) in [7, 11) is 0. The van der Waals surface area contributed by atoms with E-state index in [4.69, 9.17) is 9.72 Å². The first kappa shape index (κ1) is 16.5. The number of carbonyl (C=O) groups is 1. The fraction of sp³-hybridized carbons (Fsp3) is 0.238. The Morgan fingerprint density at radius 1 is 1.15 bits per heavy atom. The van der Waals surface area contributed by atoms with E-state index in [2.05, 4.69) is 23.1 Å². The molecule has 3 aromatic heterocycles. The summed E-state index contributed by atoms with van der Waals surface area (Å²) in [5, 5.41) is 0.945. The monoisotopic (exact) mass is 377 g/mol. The number of carbonyl (C=O) groups excluding carboxylic acids is 1. The van der Waals surface area contributed by atoms with Gasteiger partial charge in [-0.15, -0.1) is 11.3 Å². The molecule has 1 aliphatic heterocycles. The number of anilines is 1. The first-order chi connectivity index (χ1) is 13.2. The molecule has 0 N–H and O–H groups in total. The number of ketones is 1. The van der Waals surface area contributed by atoms with E-state index in [1.54, 1.807) is 18.3 Å². The Bertz CT molecular complexity index is 1120. The van der Waals surface area contributed by atoms with Crippen LogP contribution in [0.3, 0.4) is 0 Å². The van der Waals surface area contributed by atoms with Crippen LogP contribution in [-0.4, -0.2) is 41.5 Å². The van der Waals surface area contributed by atoms with Crippen molar-refractivity contribution in [3.8, 4) is 10.6 Å². The number of nitrogens with zero attached hydrogens (tertiary/aromatic N) is 3. The third kappa shape index (κ3) is 2.81. The highest BCUT2D eigenvalue weighted by atomic mass is 32.1. The molecule has 136 valence electrons. The number of hydrogen-bond acceptors (Lipinski definition) is 5. The van der Waals surface area contributed by atoms with Crippen LogP contribution in [0.1, 0.15) is 17.4 Å². The van der Waals surface area contributed by atoms with Crippen LogP contribution in [0.4, 0.5) is 5.69 Å². The molecule has 0 bridgehead atoms. The number of ether oxygens (including phenoxy) is 1. The second-order valence-corrected chi connectivity index (χ2v) is 7.76. The van der Waals surface area contributed by atoms with Gasteiger partial charge < -0.3 is 14.0 Å². The molecule has 1 saturated heterocycles. The number of para-hydroxylation sites is 1. The average Bonchev–Trinajstić information content (AvgIpc) is 3.29. The zero-order valence-electron chi connectivity index (χ0n) is 15.0. The second-order valence-electron chi connectivity index (χ2n) is 6.73. The molecular weight excluding hydrogens is 358 g/mol. The van der Waals surface area contributed by atoms with E-state index in [0.717, 1.165) is 58.3 Å². The van der Waals surface area contributed by atoms with Crippen molar-refractivity contribution in [2.24, 2.45) is 0 Å². The van der Waals surface area contributed by atoms with E-state index in [1.807, 2.05) is 34.9 Å². The molecule has 5 nitrogen and oxygen atoms in total. The van der Waals surface area contributed by atoms with Crippen LogP contribution >= 0.6 is 11.3 Å². The van der Waals surface area contributed by atoms with Gasteiger partial charge in [-0.3, -0.25) is 4.79 Å². The molecule has 6 heteroatoms. The summed E-state index contributed by atoms with van der Waals surface area (Å²) in [6, 6.07) is 14.4. The highest BCUT2D eigenvalue weighted by Crippen LogP contribution is 2.36. The minimum Gasteiger partial charge on any atom is -0.378 e. The zero-order valence-corrected chi connectivity index (χ0v) is 15.8. The predicted octanol–water partition coefficient (Wildman–Crippen LogP) is 4.26. The van der Waals surface area contributed by atoms with Gasteiger partial charge in [0.25, 0.3) is 0 Å². The number of pyridine rings is 1. The lowest BCUT2D eigenvalue weighted by molar-refractivity contribution is 0.101. The van der Waals surface area contributed by atoms with Crippen molar-refractivity contribution in [1.82, 2.24) is 9.38 Å². The fourth-order valence-corrected chi connectivity index (χ4v) is 4.63. The molecule has 5 rings (SSSR count). The van der Waals surface area contributed by atoms with Gasteiger partial charge in [-0.2, -0.15) is 0 Å². The largest absolute Gasteiger partial charge is 0.378 e. The molecular formula is C21H19N3O2S. The molecule has 0 unspecified atom stereocenters. The van der Waals surface area contributed by atoms with Crippen LogP contribution in [-0.2, 0) is 4.74 Å². The highest BCUT2D eigenvalue weighted by molar-refractivity contribution is 7.21. The maximum absolute atomic E-state index is 12.2. The Kier molecular flexibility index (Phi) is 3.95. The van der Waals surface area contributed by atoms with E-state index >= 15 is 0 Å². The first-order valence-corrected chi connectivity index (χ1v) is 9.87. The molecule has 1 fully saturated rings. The number of fused-ring (bicyclic) bond motifs is 2. The summed E-state index contributed by atoms with van der Waals surface area (Å²) in [6.45, 7) is 4.87. The minimum absolute atomic E-state index is 0.0523. The minimum atomic E-state index is 0.0523. The van der Waals surface area contributed by atoms with Crippen molar-refractivity contribution in [3.63, 3.8) is 0 Å². The Hall–Kier alpha value is -2.70. The lowest BCUT2D eigenvalue weighted by Gasteiger charge is -2.29. The molecule has 1 aliphatic rings. The maximum atomic E-state index is 12.2. The average molecular weight is 377 g/mol. The van der Waals surface area contributed by atoms with E-state index in [-0.39, 0.29) is 5.78 Å². The van der Waals surface area contributed by atoms with E-state index < -0.39 is 0 Å². The van der Waals surface area contributed by atoms with Gasteiger partial charge in [-0.05, 0) is 30.3 Å². The van der Waals surface area contributed by atoms with Crippen molar-refractivity contribution >= 4 is 38.5 Å². The molecule has 0 amide bonds. The summed E-state index contributed by atoms with van der Waals surface area (Å²) in [5.41, 5.74) is 4.86. The van der Waals surface area contributed by atoms with Crippen LogP contribution in [0, 0.1) is 0 Å². The normalized spacial score (nSPS) is 14.9. The van der Waals surface area contributed by atoms with Crippen molar-refractivity contribution in [3.05, 3.63) is 54.4 Å². The van der Waals surface area contributed by atoms with Gasteiger partial charge in [0.05, 0.1) is 34.6 Å². The van der Waals surface area contributed by atoms with Crippen molar-refractivity contribution in [2.45, 2.75) is 6.92 Å². The number of thiazole rings is 1. The number of hydrogen-bond donors (Lipinski definition) is 0. The quantitative estimate of drug-likeness (QED) is 0.501. The molecule has 4 aromatic rings. The maximum Gasteiger partial charge on any atom is 0.176 e. The van der Waals surface area contributed by atoms with Crippen LogP contribution in [0.25, 0.3) is 26.3 Å². The molecule has 0 spiro atoms. The number of Topliss-reactive ketones (excluding diaryl/α,β-unsaturated/α-hetero) is 1. The Balaban J connectivity index is 1.70. The summed E-state index contributed by atoms with van der Waals surface area (Å²) >= 11 is 1.66. The summed E-state index contributed by atoms with van der Waals surface area (Å²) in [6.07, 6.45) is 1.99. The standard InChI is InChI=1S/C21H19N3O2S/c1-14(25)18-13-16(21-22-17-4-2-3-5-20(17)27-21)19-12-15(6-7-24(18)19)23-8-10-26-11-9-23/h2-7,12-13H,8-11H2,1H3. The third-order valence-electron chi connectivity index (χ3n) is 5.02. The van der Waals surface area contributed by atoms with Gasteiger partial charge in [0.2, 0.25) is 0 Å². The molecule has 27 heavy (non-hydrogen) atoms. The Labute approximate surface area is 160 Å². The highest BCUT2D eigenvalue weighted by Gasteiger charge is 2.19. The van der Waals surface area contributed by atoms with Crippen LogP contribution in [0.2, 0.25) is 0 Å². The lowest BCUT2D eigenvalue weighted by Crippen LogP contribution is -2.36. The molecule has 0 atom stereocenters. The first-order valence-electron chi connectivity index (χ1n) is 9.05. The predicted molar refractivity (Wildman–Crippen MR) is 109 cm³/mol. The summed E-state index contributed by atoms with van der Waals surface area (Å²) in [4.78, 5) is 19.3. The van der Waals surface area contributed by atoms with Crippen molar-refractivity contribution in [1.29, 1.82) is 0 Å². The molecule has 1 aromatic carbocycles. The third-order valence-corrected chi connectivity index (χ3v) is 6.09. The zero-order chi connectivity index (χ0) is 18.4. The Morgan fingerprint density at radius 3 is 2.74 bits per heavy atom. The van der Waals surface area contributed by atoms with Crippen LogP contribution in [0.15, 0.2) is 48.7 Å². The van der Waals surface area contributed by atoms with Gasteiger partial charge in [-0.25, -0.2) is 4.98 Å². The van der Waals surface area contributed by atoms with Gasteiger partial charge >= 0.3 is 0 Å². The fourth-order valence-electron chi connectivity index (χ4n) is 3.63. The molecule has 0 aliphatic carbocycles. The number of aromatic nitrogens is 2.